The normalized spacial score (nSPS) is 18.8. The second-order valence-electron chi connectivity index (χ2n) is 3.91. The Bertz CT molecular complexity index is 468. The molecule has 1 atom stereocenters. The van der Waals surface area contributed by atoms with Crippen LogP contribution in [0.4, 0.5) is 4.39 Å². The number of alkyl halides is 1. The lowest BCUT2D eigenvalue weighted by atomic mass is 10.0. The van der Waals surface area contributed by atoms with E-state index in [2.05, 4.69) is 15.3 Å². The van der Waals surface area contributed by atoms with Crippen LogP contribution in [-0.4, -0.2) is 47.0 Å². The molecular formula is C11H12FN5O. The zero-order chi connectivity index (χ0) is 13.0. The fourth-order valence-electron chi connectivity index (χ4n) is 1.79. The lowest BCUT2D eigenvalue weighted by Gasteiger charge is -2.30. The molecule has 1 aliphatic heterocycles. The number of halogens is 1. The maximum Gasteiger partial charge on any atom is 0.314 e. The molecule has 0 aromatic carbocycles. The van der Waals surface area contributed by atoms with Gasteiger partial charge in [0.15, 0.2) is 0 Å². The van der Waals surface area contributed by atoms with E-state index in [1.807, 2.05) is 0 Å². The van der Waals surface area contributed by atoms with E-state index in [1.165, 1.54) is 23.2 Å². The van der Waals surface area contributed by atoms with Gasteiger partial charge in [0.25, 0.3) is 5.91 Å². The third kappa shape index (κ3) is 2.15. The minimum Gasteiger partial charge on any atom is -0.336 e. The number of aromatic nitrogens is 2. The number of amides is 1. The standard InChI is InChI=1S/C11H12FN5O/c12-11(7-13,9-1-2-15-8-16-9)10(18)17-5-3-14-4-6-17/h1-2,8,14H,3-6H2. The van der Waals surface area contributed by atoms with Gasteiger partial charge < -0.3 is 10.2 Å². The summed E-state index contributed by atoms with van der Waals surface area (Å²) in [5, 5.41) is 12.0. The molecule has 2 heterocycles. The smallest absolute Gasteiger partial charge is 0.314 e. The van der Waals surface area contributed by atoms with E-state index in [9.17, 15) is 9.18 Å². The van der Waals surface area contributed by atoms with E-state index < -0.39 is 11.6 Å². The number of nitrogens with one attached hydrogen (secondary N) is 1. The van der Waals surface area contributed by atoms with Crippen LogP contribution in [0.25, 0.3) is 0 Å². The zero-order valence-corrected chi connectivity index (χ0v) is 9.64. The molecule has 94 valence electrons. The molecule has 1 saturated heterocycles. The summed E-state index contributed by atoms with van der Waals surface area (Å²) in [6, 6.07) is 2.66. The van der Waals surface area contributed by atoms with Crippen LogP contribution in [0.1, 0.15) is 5.69 Å². The summed E-state index contributed by atoms with van der Waals surface area (Å²) < 4.78 is 14.6. The molecule has 0 bridgehead atoms. The molecule has 0 aliphatic carbocycles. The van der Waals surface area contributed by atoms with E-state index in [0.717, 1.165) is 6.33 Å². The van der Waals surface area contributed by atoms with Crippen LogP contribution in [0.3, 0.4) is 0 Å². The molecule has 0 saturated carbocycles. The van der Waals surface area contributed by atoms with E-state index in [1.54, 1.807) is 0 Å². The number of carbonyl (C=O) groups is 1. The molecule has 1 fully saturated rings. The van der Waals surface area contributed by atoms with Crippen molar-refractivity contribution in [2.24, 2.45) is 0 Å². The summed E-state index contributed by atoms with van der Waals surface area (Å²) in [5.41, 5.74) is -2.95. The molecule has 1 unspecified atom stereocenters. The Balaban J connectivity index is 2.27. The predicted octanol–water partition coefficient (Wildman–Crippen LogP) is -0.403. The average molecular weight is 249 g/mol. The quantitative estimate of drug-likeness (QED) is 0.771. The van der Waals surface area contributed by atoms with Gasteiger partial charge in [-0.3, -0.25) is 4.79 Å². The highest BCUT2D eigenvalue weighted by molar-refractivity contribution is 5.89. The predicted molar refractivity (Wildman–Crippen MR) is 59.9 cm³/mol. The Kier molecular flexibility index (Phi) is 3.48. The molecule has 6 nitrogen and oxygen atoms in total. The number of nitriles is 1. The molecule has 1 aromatic heterocycles. The maximum atomic E-state index is 14.6. The van der Waals surface area contributed by atoms with Crippen molar-refractivity contribution in [3.05, 3.63) is 24.3 Å². The first-order chi connectivity index (χ1) is 8.68. The lowest BCUT2D eigenvalue weighted by molar-refractivity contribution is -0.141. The summed E-state index contributed by atoms with van der Waals surface area (Å²) in [4.78, 5) is 20.7. The minimum atomic E-state index is -2.74. The molecule has 1 N–H and O–H groups in total. The summed E-state index contributed by atoms with van der Waals surface area (Å²) in [6.45, 7) is 1.96. The van der Waals surface area contributed by atoms with Gasteiger partial charge in [-0.15, -0.1) is 0 Å². The van der Waals surface area contributed by atoms with Gasteiger partial charge in [0, 0.05) is 32.4 Å². The molecule has 2 rings (SSSR count). The Morgan fingerprint density at radius 1 is 1.56 bits per heavy atom. The first-order valence-corrected chi connectivity index (χ1v) is 5.55. The van der Waals surface area contributed by atoms with Crippen LogP contribution in [-0.2, 0) is 10.5 Å². The minimum absolute atomic E-state index is 0.219. The van der Waals surface area contributed by atoms with Crippen molar-refractivity contribution < 1.29 is 9.18 Å². The van der Waals surface area contributed by atoms with Gasteiger partial charge in [-0.2, -0.15) is 5.26 Å². The van der Waals surface area contributed by atoms with Crippen molar-refractivity contribution >= 4 is 5.91 Å². The van der Waals surface area contributed by atoms with Crippen molar-refractivity contribution in [3.63, 3.8) is 0 Å². The van der Waals surface area contributed by atoms with Crippen molar-refractivity contribution in [3.8, 4) is 6.07 Å². The Labute approximate surface area is 103 Å². The molecule has 0 radical (unpaired) electrons. The van der Waals surface area contributed by atoms with Crippen LogP contribution < -0.4 is 5.32 Å². The molecule has 0 spiro atoms. The van der Waals surface area contributed by atoms with E-state index in [0.29, 0.717) is 26.2 Å². The second kappa shape index (κ2) is 5.06. The third-order valence-corrected chi connectivity index (χ3v) is 2.79. The summed E-state index contributed by atoms with van der Waals surface area (Å²) in [7, 11) is 0. The highest BCUT2D eigenvalue weighted by Crippen LogP contribution is 2.26. The number of hydrogen-bond donors (Lipinski definition) is 1. The second-order valence-corrected chi connectivity index (χ2v) is 3.91. The molecule has 18 heavy (non-hydrogen) atoms. The summed E-state index contributed by atoms with van der Waals surface area (Å²) in [6.07, 6.45) is 2.42. The number of piperazine rings is 1. The first-order valence-electron chi connectivity index (χ1n) is 5.55. The fourth-order valence-corrected chi connectivity index (χ4v) is 1.79. The molecular weight excluding hydrogens is 237 g/mol. The third-order valence-electron chi connectivity index (χ3n) is 2.79. The van der Waals surface area contributed by atoms with Gasteiger partial charge in [-0.25, -0.2) is 14.4 Å². The van der Waals surface area contributed by atoms with Crippen molar-refractivity contribution in [1.82, 2.24) is 20.2 Å². The van der Waals surface area contributed by atoms with E-state index in [4.69, 9.17) is 5.26 Å². The number of carbonyl (C=O) groups excluding carboxylic acids is 1. The summed E-state index contributed by atoms with van der Waals surface area (Å²) >= 11 is 0. The van der Waals surface area contributed by atoms with Crippen molar-refractivity contribution in [2.75, 3.05) is 26.2 Å². The molecule has 7 heteroatoms. The lowest BCUT2D eigenvalue weighted by Crippen LogP contribution is -2.52. The van der Waals surface area contributed by atoms with Gasteiger partial charge in [-0.1, -0.05) is 0 Å². The van der Waals surface area contributed by atoms with Crippen LogP contribution in [0.15, 0.2) is 18.6 Å². The molecule has 1 amide bonds. The Morgan fingerprint density at radius 3 is 2.83 bits per heavy atom. The van der Waals surface area contributed by atoms with Gasteiger partial charge in [-0.05, 0) is 6.07 Å². The Morgan fingerprint density at radius 2 is 2.28 bits per heavy atom. The van der Waals surface area contributed by atoms with Crippen molar-refractivity contribution in [1.29, 1.82) is 5.26 Å². The highest BCUT2D eigenvalue weighted by Gasteiger charge is 2.45. The van der Waals surface area contributed by atoms with Crippen LogP contribution in [0, 0.1) is 11.3 Å². The topological polar surface area (TPSA) is 81.9 Å². The van der Waals surface area contributed by atoms with Gasteiger partial charge in [0.1, 0.15) is 18.1 Å². The van der Waals surface area contributed by atoms with Crippen LogP contribution in [0.2, 0.25) is 0 Å². The SMILES string of the molecule is N#CC(F)(C(=O)N1CCNCC1)c1ccncn1. The first kappa shape index (κ1) is 12.4. The average Bonchev–Trinajstić information content (AvgIpc) is 2.47. The maximum absolute atomic E-state index is 14.6. The summed E-state index contributed by atoms with van der Waals surface area (Å²) in [5.74, 6) is -0.856. The molecule has 1 aliphatic rings. The zero-order valence-electron chi connectivity index (χ0n) is 9.64. The van der Waals surface area contributed by atoms with Gasteiger partial charge in [0.05, 0.1) is 0 Å². The van der Waals surface area contributed by atoms with Gasteiger partial charge in [0.2, 0.25) is 0 Å². The number of nitrogens with zero attached hydrogens (tertiary/aromatic N) is 4. The van der Waals surface area contributed by atoms with E-state index in [-0.39, 0.29) is 5.69 Å². The monoisotopic (exact) mass is 249 g/mol. The fraction of sp³-hybridized carbons (Fsp3) is 0.455. The number of rotatable bonds is 2. The largest absolute Gasteiger partial charge is 0.336 e. The molecule has 1 aromatic rings. The van der Waals surface area contributed by atoms with Gasteiger partial charge >= 0.3 is 5.67 Å². The van der Waals surface area contributed by atoms with Crippen LogP contribution >= 0.6 is 0 Å². The van der Waals surface area contributed by atoms with Crippen molar-refractivity contribution in [2.45, 2.75) is 5.67 Å². The van der Waals surface area contributed by atoms with Crippen LogP contribution in [0.5, 0.6) is 0 Å². The van der Waals surface area contributed by atoms with E-state index >= 15 is 0 Å². The number of hydrogen-bond acceptors (Lipinski definition) is 5. The Hall–Kier alpha value is -2.07. The highest BCUT2D eigenvalue weighted by atomic mass is 19.1.